The first-order chi connectivity index (χ1) is 10.9. The summed E-state index contributed by atoms with van der Waals surface area (Å²) in [5.41, 5.74) is -0.254. The van der Waals surface area contributed by atoms with E-state index in [-0.39, 0.29) is 6.42 Å². The Hall–Kier alpha value is -2.21. The van der Waals surface area contributed by atoms with E-state index < -0.39 is 17.4 Å². The van der Waals surface area contributed by atoms with Gasteiger partial charge in [0.15, 0.2) is 5.54 Å². The molecule has 0 aliphatic heterocycles. The van der Waals surface area contributed by atoms with Crippen molar-refractivity contribution in [3.05, 3.63) is 51.5 Å². The van der Waals surface area contributed by atoms with Crippen molar-refractivity contribution in [3.63, 3.8) is 0 Å². The molecule has 0 saturated heterocycles. The average molecular weight is 332 g/mol. The fraction of sp³-hybridized carbons (Fsp3) is 0.353. The summed E-state index contributed by atoms with van der Waals surface area (Å²) in [6, 6.07) is 8.78. The molecule has 0 bridgehead atoms. The van der Waals surface area contributed by atoms with Crippen LogP contribution in [0.15, 0.2) is 30.3 Å². The van der Waals surface area contributed by atoms with Crippen LogP contribution < -0.4 is 5.32 Å². The number of nitrogens with one attached hydrogen (secondary N) is 1. The molecule has 0 fully saturated rings. The van der Waals surface area contributed by atoms with Crippen molar-refractivity contribution < 1.29 is 14.7 Å². The van der Waals surface area contributed by atoms with Crippen LogP contribution in [0.2, 0.25) is 0 Å². The highest BCUT2D eigenvalue weighted by Gasteiger charge is 2.40. The number of aromatic nitrogens is 1. The maximum atomic E-state index is 12.6. The van der Waals surface area contributed by atoms with E-state index in [0.29, 0.717) is 16.1 Å². The minimum absolute atomic E-state index is 0.247. The Morgan fingerprint density at radius 1 is 1.26 bits per heavy atom. The second-order valence-electron chi connectivity index (χ2n) is 5.26. The molecule has 1 amide bonds. The smallest absolute Gasteiger partial charge is 0.334 e. The van der Waals surface area contributed by atoms with Gasteiger partial charge >= 0.3 is 5.97 Å². The lowest BCUT2D eigenvalue weighted by Crippen LogP contribution is -2.51. The van der Waals surface area contributed by atoms with Gasteiger partial charge < -0.3 is 10.4 Å². The molecule has 2 rings (SSSR count). The predicted octanol–water partition coefficient (Wildman–Crippen LogP) is 3.13. The van der Waals surface area contributed by atoms with Gasteiger partial charge in [-0.05, 0) is 25.3 Å². The number of thiazole rings is 1. The van der Waals surface area contributed by atoms with Crippen molar-refractivity contribution in [2.24, 2.45) is 0 Å². The van der Waals surface area contributed by atoms with Gasteiger partial charge in [0.05, 0.1) is 10.7 Å². The summed E-state index contributed by atoms with van der Waals surface area (Å²) in [5, 5.41) is 13.4. The van der Waals surface area contributed by atoms with Crippen molar-refractivity contribution in [1.82, 2.24) is 10.3 Å². The standard InChI is InChI=1S/C17H20N2O3S/c1-4-13-18-11(3)14(23-13)15(20)19-17(5-2,16(21)22)12-9-7-6-8-10-12/h6-10H,4-5H2,1-3H3,(H,19,20)(H,21,22). The van der Waals surface area contributed by atoms with Gasteiger partial charge in [-0.2, -0.15) is 0 Å². The lowest BCUT2D eigenvalue weighted by molar-refractivity contribution is -0.145. The second kappa shape index (κ2) is 6.91. The number of hydrogen-bond donors (Lipinski definition) is 2. The highest BCUT2D eigenvalue weighted by molar-refractivity contribution is 7.13. The first kappa shape index (κ1) is 17.1. The third-order valence-electron chi connectivity index (χ3n) is 3.84. The minimum Gasteiger partial charge on any atom is -0.479 e. The van der Waals surface area contributed by atoms with Gasteiger partial charge in [0, 0.05) is 0 Å². The predicted molar refractivity (Wildman–Crippen MR) is 89.7 cm³/mol. The highest BCUT2D eigenvalue weighted by atomic mass is 32.1. The third-order valence-corrected chi connectivity index (χ3v) is 5.14. The number of carboxylic acid groups (broad SMARTS) is 1. The van der Waals surface area contributed by atoms with Crippen LogP contribution in [-0.2, 0) is 16.8 Å². The Kier molecular flexibility index (Phi) is 5.15. The molecule has 1 unspecified atom stereocenters. The summed E-state index contributed by atoms with van der Waals surface area (Å²) in [4.78, 5) is 29.4. The van der Waals surface area contributed by atoms with Gasteiger partial charge in [0.1, 0.15) is 4.88 Å². The average Bonchev–Trinajstić information content (AvgIpc) is 2.94. The zero-order valence-electron chi connectivity index (χ0n) is 13.4. The van der Waals surface area contributed by atoms with Crippen LogP contribution in [0.4, 0.5) is 0 Å². The monoisotopic (exact) mass is 332 g/mol. The molecule has 2 N–H and O–H groups in total. The van der Waals surface area contributed by atoms with Crippen LogP contribution >= 0.6 is 11.3 Å². The zero-order valence-corrected chi connectivity index (χ0v) is 14.2. The molecule has 23 heavy (non-hydrogen) atoms. The number of aryl methyl sites for hydroxylation is 2. The van der Waals surface area contributed by atoms with E-state index in [0.717, 1.165) is 11.4 Å². The van der Waals surface area contributed by atoms with E-state index in [2.05, 4.69) is 10.3 Å². The molecule has 1 aromatic carbocycles. The maximum absolute atomic E-state index is 12.6. The number of carboxylic acids is 1. The first-order valence-electron chi connectivity index (χ1n) is 7.52. The van der Waals surface area contributed by atoms with E-state index in [1.807, 2.05) is 13.0 Å². The van der Waals surface area contributed by atoms with Crippen LogP contribution in [0.5, 0.6) is 0 Å². The Bertz CT molecular complexity index is 712. The van der Waals surface area contributed by atoms with Gasteiger partial charge in [-0.25, -0.2) is 9.78 Å². The van der Waals surface area contributed by atoms with Crippen molar-refractivity contribution in [2.75, 3.05) is 0 Å². The normalized spacial score (nSPS) is 13.3. The van der Waals surface area contributed by atoms with Gasteiger partial charge in [-0.3, -0.25) is 4.79 Å². The summed E-state index contributed by atoms with van der Waals surface area (Å²) in [5.74, 6) is -1.47. The summed E-state index contributed by atoms with van der Waals surface area (Å²) in [7, 11) is 0. The molecule has 1 aromatic heterocycles. The number of carbonyl (C=O) groups excluding carboxylic acids is 1. The quantitative estimate of drug-likeness (QED) is 0.852. The molecule has 0 aliphatic carbocycles. The lowest BCUT2D eigenvalue weighted by Gasteiger charge is -2.29. The van der Waals surface area contributed by atoms with E-state index in [1.165, 1.54) is 11.3 Å². The Labute approximate surface area is 139 Å². The molecule has 1 heterocycles. The van der Waals surface area contributed by atoms with Crippen molar-refractivity contribution in [1.29, 1.82) is 0 Å². The fourth-order valence-electron chi connectivity index (χ4n) is 2.48. The lowest BCUT2D eigenvalue weighted by atomic mass is 9.87. The van der Waals surface area contributed by atoms with Gasteiger partial charge in [-0.1, -0.05) is 44.2 Å². The first-order valence-corrected chi connectivity index (χ1v) is 8.34. The van der Waals surface area contributed by atoms with Crippen LogP contribution in [0.25, 0.3) is 0 Å². The maximum Gasteiger partial charge on any atom is 0.334 e. The Balaban J connectivity index is 2.40. The van der Waals surface area contributed by atoms with Crippen LogP contribution in [0.3, 0.4) is 0 Å². The molecule has 1 atom stereocenters. The molecule has 122 valence electrons. The molecule has 0 radical (unpaired) electrons. The van der Waals surface area contributed by atoms with Crippen molar-refractivity contribution >= 4 is 23.2 Å². The molecule has 2 aromatic rings. The van der Waals surface area contributed by atoms with Crippen molar-refractivity contribution in [2.45, 2.75) is 39.2 Å². The SMILES string of the molecule is CCc1nc(C)c(C(=O)NC(CC)(C(=O)O)c2ccccc2)s1. The number of nitrogens with zero attached hydrogens (tertiary/aromatic N) is 1. The Morgan fingerprint density at radius 3 is 2.39 bits per heavy atom. The zero-order chi connectivity index (χ0) is 17.0. The summed E-state index contributed by atoms with van der Waals surface area (Å²) >= 11 is 1.31. The highest BCUT2D eigenvalue weighted by Crippen LogP contribution is 2.27. The Morgan fingerprint density at radius 2 is 1.91 bits per heavy atom. The fourth-order valence-corrected chi connectivity index (χ4v) is 3.38. The van der Waals surface area contributed by atoms with E-state index in [1.54, 1.807) is 38.1 Å². The van der Waals surface area contributed by atoms with Gasteiger partial charge in [0.2, 0.25) is 0 Å². The second-order valence-corrected chi connectivity index (χ2v) is 6.34. The number of aliphatic carboxylic acids is 1. The molecular formula is C17H20N2O3S. The van der Waals surface area contributed by atoms with Gasteiger partial charge in [0.25, 0.3) is 5.91 Å². The number of amides is 1. The van der Waals surface area contributed by atoms with E-state index in [9.17, 15) is 14.7 Å². The number of rotatable bonds is 6. The topological polar surface area (TPSA) is 79.3 Å². The summed E-state index contributed by atoms with van der Waals surface area (Å²) in [6.07, 6.45) is 0.992. The molecule has 6 heteroatoms. The largest absolute Gasteiger partial charge is 0.479 e. The van der Waals surface area contributed by atoms with Crippen LogP contribution in [0.1, 0.15) is 46.2 Å². The van der Waals surface area contributed by atoms with Crippen LogP contribution in [0, 0.1) is 6.92 Å². The summed E-state index contributed by atoms with van der Waals surface area (Å²) in [6.45, 7) is 5.48. The van der Waals surface area contributed by atoms with E-state index in [4.69, 9.17) is 0 Å². The molecule has 5 nitrogen and oxygen atoms in total. The van der Waals surface area contributed by atoms with Crippen molar-refractivity contribution in [3.8, 4) is 0 Å². The van der Waals surface area contributed by atoms with E-state index >= 15 is 0 Å². The van der Waals surface area contributed by atoms with Gasteiger partial charge in [-0.15, -0.1) is 11.3 Å². The molecule has 0 spiro atoms. The molecule has 0 aliphatic rings. The number of hydrogen-bond acceptors (Lipinski definition) is 4. The molecule has 0 saturated carbocycles. The van der Waals surface area contributed by atoms with Crippen LogP contribution in [-0.4, -0.2) is 22.0 Å². The minimum atomic E-state index is -1.44. The number of benzene rings is 1. The third kappa shape index (κ3) is 3.27. The summed E-state index contributed by atoms with van der Waals surface area (Å²) < 4.78 is 0. The molecular weight excluding hydrogens is 312 g/mol. The number of carbonyl (C=O) groups is 2.